The molecule has 0 aliphatic carbocycles. The normalized spacial score (nSPS) is 19.6. The maximum absolute atomic E-state index is 12.4. The van der Waals surface area contributed by atoms with Crippen LogP contribution in [0.2, 0.25) is 0 Å². The van der Waals surface area contributed by atoms with E-state index in [2.05, 4.69) is 11.6 Å². The topological polar surface area (TPSA) is 49.4 Å². The minimum atomic E-state index is -3.42. The zero-order valence-corrected chi connectivity index (χ0v) is 12.6. The van der Waals surface area contributed by atoms with E-state index >= 15 is 0 Å². The van der Waals surface area contributed by atoms with Crippen molar-refractivity contribution in [1.82, 2.24) is 9.03 Å². The highest BCUT2D eigenvalue weighted by atomic mass is 32.2. The Morgan fingerprint density at radius 1 is 1.30 bits per heavy atom. The SMILES string of the molecule is CCCC[C@@H]1C=CCN1S(=O)(=O)NCc1ccccc1. The molecule has 0 amide bonds. The van der Waals surface area contributed by atoms with Gasteiger partial charge in [-0.3, -0.25) is 0 Å². The molecule has 0 saturated heterocycles. The third-order valence-electron chi connectivity index (χ3n) is 3.48. The molecule has 110 valence electrons. The number of unbranched alkanes of at least 4 members (excludes halogenated alkanes) is 1. The van der Waals surface area contributed by atoms with Crippen LogP contribution in [0.3, 0.4) is 0 Å². The monoisotopic (exact) mass is 294 g/mol. The molecule has 1 heterocycles. The van der Waals surface area contributed by atoms with Crippen molar-refractivity contribution in [1.29, 1.82) is 0 Å². The number of hydrogen-bond acceptors (Lipinski definition) is 2. The zero-order chi connectivity index (χ0) is 14.4. The molecule has 0 spiro atoms. The smallest absolute Gasteiger partial charge is 0.198 e. The van der Waals surface area contributed by atoms with Crippen LogP contribution in [0.4, 0.5) is 0 Å². The Bertz CT molecular complexity index is 540. The molecular formula is C15H22N2O2S. The van der Waals surface area contributed by atoms with Crippen LogP contribution in [0, 0.1) is 0 Å². The Hall–Kier alpha value is -1.17. The highest BCUT2D eigenvalue weighted by molar-refractivity contribution is 7.87. The van der Waals surface area contributed by atoms with E-state index in [4.69, 9.17) is 0 Å². The predicted molar refractivity (Wildman–Crippen MR) is 81.4 cm³/mol. The van der Waals surface area contributed by atoms with Gasteiger partial charge in [0.05, 0.1) is 0 Å². The quantitative estimate of drug-likeness (QED) is 0.785. The van der Waals surface area contributed by atoms with Gasteiger partial charge in [-0.25, -0.2) is 0 Å². The summed E-state index contributed by atoms with van der Waals surface area (Å²) in [6, 6.07) is 9.57. The highest BCUT2D eigenvalue weighted by Gasteiger charge is 2.29. The van der Waals surface area contributed by atoms with Gasteiger partial charge in [-0.05, 0) is 12.0 Å². The molecule has 0 fully saturated rings. The second-order valence-electron chi connectivity index (χ2n) is 5.02. The van der Waals surface area contributed by atoms with Gasteiger partial charge in [0.1, 0.15) is 0 Å². The van der Waals surface area contributed by atoms with Crippen LogP contribution in [0.1, 0.15) is 31.7 Å². The van der Waals surface area contributed by atoms with Gasteiger partial charge in [0.15, 0.2) is 0 Å². The van der Waals surface area contributed by atoms with Gasteiger partial charge in [-0.2, -0.15) is 17.4 Å². The van der Waals surface area contributed by atoms with Crippen LogP contribution < -0.4 is 4.72 Å². The molecule has 0 radical (unpaired) electrons. The summed E-state index contributed by atoms with van der Waals surface area (Å²) in [7, 11) is -3.42. The van der Waals surface area contributed by atoms with Gasteiger partial charge in [0.2, 0.25) is 0 Å². The van der Waals surface area contributed by atoms with Gasteiger partial charge < -0.3 is 0 Å². The van der Waals surface area contributed by atoms with Crippen molar-refractivity contribution in [2.24, 2.45) is 0 Å². The van der Waals surface area contributed by atoms with E-state index in [1.807, 2.05) is 42.5 Å². The second kappa shape index (κ2) is 7.02. The number of nitrogens with zero attached hydrogens (tertiary/aromatic N) is 1. The number of benzene rings is 1. The van der Waals surface area contributed by atoms with E-state index in [0.717, 1.165) is 24.8 Å². The minimum Gasteiger partial charge on any atom is -0.198 e. The Kier molecular flexibility index (Phi) is 5.34. The first-order valence-corrected chi connectivity index (χ1v) is 8.54. The summed E-state index contributed by atoms with van der Waals surface area (Å²) in [5, 5.41) is 0. The molecule has 0 bridgehead atoms. The van der Waals surface area contributed by atoms with E-state index in [0.29, 0.717) is 13.1 Å². The van der Waals surface area contributed by atoms with E-state index < -0.39 is 10.2 Å². The van der Waals surface area contributed by atoms with Crippen LogP contribution in [0.5, 0.6) is 0 Å². The Morgan fingerprint density at radius 2 is 2.05 bits per heavy atom. The fourth-order valence-electron chi connectivity index (χ4n) is 2.34. The summed E-state index contributed by atoms with van der Waals surface area (Å²) in [4.78, 5) is 0. The summed E-state index contributed by atoms with van der Waals surface area (Å²) in [6.45, 7) is 2.92. The first-order valence-electron chi connectivity index (χ1n) is 7.10. The lowest BCUT2D eigenvalue weighted by Crippen LogP contribution is -2.43. The van der Waals surface area contributed by atoms with Gasteiger partial charge >= 0.3 is 0 Å². The number of hydrogen-bond donors (Lipinski definition) is 1. The maximum Gasteiger partial charge on any atom is 0.280 e. The molecule has 5 heteroatoms. The third-order valence-corrected chi connectivity index (χ3v) is 5.02. The fraction of sp³-hybridized carbons (Fsp3) is 0.467. The van der Waals surface area contributed by atoms with Crippen LogP contribution in [-0.2, 0) is 16.8 Å². The molecule has 1 aromatic rings. The van der Waals surface area contributed by atoms with E-state index in [-0.39, 0.29) is 6.04 Å². The van der Waals surface area contributed by atoms with E-state index in [1.54, 1.807) is 4.31 Å². The summed E-state index contributed by atoms with van der Waals surface area (Å²) in [5.74, 6) is 0. The summed E-state index contributed by atoms with van der Waals surface area (Å²) in [5.41, 5.74) is 0.966. The molecule has 20 heavy (non-hydrogen) atoms. The summed E-state index contributed by atoms with van der Waals surface area (Å²) < 4.78 is 28.9. The Morgan fingerprint density at radius 3 is 2.75 bits per heavy atom. The van der Waals surface area contributed by atoms with Crippen molar-refractivity contribution in [3.8, 4) is 0 Å². The summed E-state index contributed by atoms with van der Waals surface area (Å²) >= 11 is 0. The second-order valence-corrected chi connectivity index (χ2v) is 6.73. The van der Waals surface area contributed by atoms with Crippen molar-refractivity contribution in [2.75, 3.05) is 6.54 Å². The van der Waals surface area contributed by atoms with Gasteiger partial charge in [0, 0.05) is 19.1 Å². The molecule has 1 N–H and O–H groups in total. The van der Waals surface area contributed by atoms with Crippen LogP contribution >= 0.6 is 0 Å². The van der Waals surface area contributed by atoms with Crippen molar-refractivity contribution in [3.05, 3.63) is 48.0 Å². The largest absolute Gasteiger partial charge is 0.280 e. The summed E-state index contributed by atoms with van der Waals surface area (Å²) in [6.07, 6.45) is 6.94. The highest BCUT2D eigenvalue weighted by Crippen LogP contribution is 2.19. The lowest BCUT2D eigenvalue weighted by Gasteiger charge is -2.24. The first kappa shape index (κ1) is 15.2. The number of nitrogens with one attached hydrogen (secondary N) is 1. The minimum absolute atomic E-state index is 0.00298. The zero-order valence-electron chi connectivity index (χ0n) is 11.8. The molecule has 1 aliphatic rings. The molecular weight excluding hydrogens is 272 g/mol. The molecule has 4 nitrogen and oxygen atoms in total. The molecule has 0 saturated carbocycles. The standard InChI is InChI=1S/C15H22N2O2S/c1-2-3-10-15-11-7-12-17(15)20(18,19)16-13-14-8-5-4-6-9-14/h4-9,11,15-16H,2-3,10,12-13H2,1H3/t15-/m1/s1. The average molecular weight is 294 g/mol. The van der Waals surface area contributed by atoms with Crippen LogP contribution in [-0.4, -0.2) is 25.3 Å². The van der Waals surface area contributed by atoms with Crippen LogP contribution in [0.25, 0.3) is 0 Å². The van der Waals surface area contributed by atoms with Gasteiger partial charge in [-0.1, -0.05) is 62.2 Å². The molecule has 1 aliphatic heterocycles. The van der Waals surface area contributed by atoms with Crippen molar-refractivity contribution < 1.29 is 8.42 Å². The van der Waals surface area contributed by atoms with Gasteiger partial charge in [-0.15, -0.1) is 0 Å². The van der Waals surface area contributed by atoms with Gasteiger partial charge in [0.25, 0.3) is 10.2 Å². The van der Waals surface area contributed by atoms with Crippen molar-refractivity contribution in [2.45, 2.75) is 38.8 Å². The molecule has 1 atom stereocenters. The fourth-order valence-corrected chi connectivity index (χ4v) is 3.67. The Balaban J connectivity index is 1.96. The Labute approximate surface area is 121 Å². The van der Waals surface area contributed by atoms with Crippen molar-refractivity contribution >= 4 is 10.2 Å². The maximum atomic E-state index is 12.4. The van der Waals surface area contributed by atoms with Crippen molar-refractivity contribution in [3.63, 3.8) is 0 Å². The van der Waals surface area contributed by atoms with E-state index in [9.17, 15) is 8.42 Å². The lowest BCUT2D eigenvalue weighted by molar-refractivity contribution is 0.380. The molecule has 2 rings (SSSR count). The lowest BCUT2D eigenvalue weighted by atomic mass is 10.1. The molecule has 1 aromatic carbocycles. The predicted octanol–water partition coefficient (Wildman–Crippen LogP) is 2.45. The van der Waals surface area contributed by atoms with Crippen LogP contribution in [0.15, 0.2) is 42.5 Å². The number of rotatable bonds is 7. The first-order chi connectivity index (χ1) is 9.63. The van der Waals surface area contributed by atoms with E-state index in [1.165, 1.54) is 0 Å². The molecule has 0 aromatic heterocycles. The average Bonchev–Trinajstić information content (AvgIpc) is 2.93. The third kappa shape index (κ3) is 3.91. The molecule has 0 unspecified atom stereocenters.